The van der Waals surface area contributed by atoms with Gasteiger partial charge in [-0.2, -0.15) is 0 Å². The Labute approximate surface area is 111 Å². The van der Waals surface area contributed by atoms with Crippen molar-refractivity contribution in [1.82, 2.24) is 0 Å². The number of carbonyl (C=O) groups is 1. The normalized spacial score (nSPS) is 21.8. The molecule has 2 atom stereocenters. The summed E-state index contributed by atoms with van der Waals surface area (Å²) in [6, 6.07) is 3.77. The van der Waals surface area contributed by atoms with Gasteiger partial charge in [0.2, 0.25) is 15.9 Å². The molecule has 0 aromatic heterocycles. The van der Waals surface area contributed by atoms with Crippen LogP contribution in [0.5, 0.6) is 0 Å². The van der Waals surface area contributed by atoms with Crippen LogP contribution >= 0.6 is 0 Å². The van der Waals surface area contributed by atoms with E-state index in [0.29, 0.717) is 11.6 Å². The molecular formula is C12H15FN2O3S. The Morgan fingerprint density at radius 2 is 2.05 bits per heavy atom. The third-order valence-corrected chi connectivity index (χ3v) is 3.57. The van der Waals surface area contributed by atoms with Gasteiger partial charge in [-0.15, -0.1) is 0 Å². The number of halogens is 1. The van der Waals surface area contributed by atoms with E-state index in [1.807, 2.05) is 6.92 Å². The second kappa shape index (κ2) is 4.80. The summed E-state index contributed by atoms with van der Waals surface area (Å²) in [5, 5.41) is 2.65. The Kier molecular flexibility index (Phi) is 3.49. The number of hydrogen-bond donors (Lipinski definition) is 2. The highest BCUT2D eigenvalue weighted by molar-refractivity contribution is 7.92. The maximum atomic E-state index is 13.4. The van der Waals surface area contributed by atoms with Gasteiger partial charge in [0.25, 0.3) is 0 Å². The maximum Gasteiger partial charge on any atom is 0.229 e. The first-order valence-corrected chi connectivity index (χ1v) is 7.73. The number of rotatable bonds is 4. The molecule has 0 radical (unpaired) electrons. The summed E-state index contributed by atoms with van der Waals surface area (Å²) in [6.45, 7) is 1.98. The van der Waals surface area contributed by atoms with Crippen molar-refractivity contribution in [3.05, 3.63) is 24.0 Å². The minimum atomic E-state index is -3.56. The second-order valence-corrected chi connectivity index (χ2v) is 6.63. The quantitative estimate of drug-likeness (QED) is 0.886. The molecule has 0 heterocycles. The van der Waals surface area contributed by atoms with Gasteiger partial charge in [0.05, 0.1) is 11.9 Å². The fourth-order valence-electron chi connectivity index (χ4n) is 1.80. The van der Waals surface area contributed by atoms with Gasteiger partial charge in [0.1, 0.15) is 5.82 Å². The van der Waals surface area contributed by atoms with Gasteiger partial charge in [0.15, 0.2) is 0 Å². The van der Waals surface area contributed by atoms with Crippen molar-refractivity contribution in [3.63, 3.8) is 0 Å². The number of anilines is 2. The summed E-state index contributed by atoms with van der Waals surface area (Å²) in [7, 11) is -3.56. The van der Waals surface area contributed by atoms with E-state index in [1.54, 1.807) is 0 Å². The number of hydrogen-bond acceptors (Lipinski definition) is 3. The van der Waals surface area contributed by atoms with E-state index in [0.717, 1.165) is 18.7 Å². The highest BCUT2D eigenvalue weighted by atomic mass is 32.2. The summed E-state index contributed by atoms with van der Waals surface area (Å²) in [6.07, 6.45) is 1.78. The summed E-state index contributed by atoms with van der Waals surface area (Å²) in [5.74, 6) is -0.446. The van der Waals surface area contributed by atoms with Gasteiger partial charge >= 0.3 is 0 Å². The summed E-state index contributed by atoms with van der Waals surface area (Å²) < 4.78 is 37.7. The van der Waals surface area contributed by atoms with Crippen molar-refractivity contribution in [2.24, 2.45) is 11.8 Å². The van der Waals surface area contributed by atoms with E-state index in [-0.39, 0.29) is 17.5 Å². The molecule has 0 unspecified atom stereocenters. The van der Waals surface area contributed by atoms with Crippen LogP contribution in [-0.2, 0) is 14.8 Å². The van der Waals surface area contributed by atoms with Crippen molar-refractivity contribution in [1.29, 1.82) is 0 Å². The van der Waals surface area contributed by atoms with Crippen LogP contribution in [0, 0.1) is 17.7 Å². The SMILES string of the molecule is C[C@H]1C[C@@H]1C(=O)Nc1ccc(F)c(NS(C)(=O)=O)c1. The standard InChI is InChI=1S/C12H15FN2O3S/c1-7-5-9(7)12(16)14-8-3-4-10(13)11(6-8)15-19(2,17)18/h3-4,6-7,9,15H,5H2,1-2H3,(H,14,16)/t7-,9-/m0/s1. The molecule has 5 nitrogen and oxygen atoms in total. The first-order valence-electron chi connectivity index (χ1n) is 5.84. The lowest BCUT2D eigenvalue weighted by atomic mass is 10.2. The Balaban J connectivity index is 2.14. The van der Waals surface area contributed by atoms with E-state index < -0.39 is 15.8 Å². The molecule has 1 aromatic carbocycles. The number of carbonyl (C=O) groups excluding carboxylic acids is 1. The molecule has 0 bridgehead atoms. The van der Waals surface area contributed by atoms with E-state index >= 15 is 0 Å². The maximum absolute atomic E-state index is 13.4. The van der Waals surface area contributed by atoms with E-state index in [9.17, 15) is 17.6 Å². The third-order valence-electron chi connectivity index (χ3n) is 2.98. The first kappa shape index (κ1) is 13.8. The minimum absolute atomic E-state index is 0.00336. The van der Waals surface area contributed by atoms with E-state index in [4.69, 9.17) is 0 Å². The molecule has 1 amide bonds. The lowest BCUT2D eigenvalue weighted by Gasteiger charge is -2.09. The molecule has 1 fully saturated rings. The van der Waals surface area contributed by atoms with Crippen molar-refractivity contribution in [2.75, 3.05) is 16.3 Å². The van der Waals surface area contributed by atoms with Crippen LogP contribution in [0.1, 0.15) is 13.3 Å². The average molecular weight is 286 g/mol. The third kappa shape index (κ3) is 3.66. The van der Waals surface area contributed by atoms with Gasteiger partial charge in [-0.1, -0.05) is 6.92 Å². The summed E-state index contributed by atoms with van der Waals surface area (Å²) in [4.78, 5) is 11.7. The molecule has 0 aliphatic heterocycles. The number of sulfonamides is 1. The largest absolute Gasteiger partial charge is 0.326 e. The molecule has 19 heavy (non-hydrogen) atoms. The molecule has 1 aliphatic rings. The first-order chi connectivity index (χ1) is 8.76. The van der Waals surface area contributed by atoms with Gasteiger partial charge < -0.3 is 5.32 Å². The molecule has 7 heteroatoms. The van der Waals surface area contributed by atoms with Gasteiger partial charge in [0, 0.05) is 11.6 Å². The molecule has 0 spiro atoms. The molecule has 0 saturated heterocycles. The van der Waals surface area contributed by atoms with E-state index in [1.165, 1.54) is 12.1 Å². The fourth-order valence-corrected chi connectivity index (χ4v) is 2.36. The monoisotopic (exact) mass is 286 g/mol. The molecule has 1 saturated carbocycles. The van der Waals surface area contributed by atoms with Crippen molar-refractivity contribution < 1.29 is 17.6 Å². The zero-order valence-corrected chi connectivity index (χ0v) is 11.4. The molecule has 1 aliphatic carbocycles. The minimum Gasteiger partial charge on any atom is -0.326 e. The lowest BCUT2D eigenvalue weighted by Crippen LogP contribution is -2.15. The van der Waals surface area contributed by atoms with E-state index in [2.05, 4.69) is 10.0 Å². The van der Waals surface area contributed by atoms with Gasteiger partial charge in [-0.05, 0) is 30.5 Å². The number of nitrogens with one attached hydrogen (secondary N) is 2. The molecule has 2 rings (SSSR count). The highest BCUT2D eigenvalue weighted by Crippen LogP contribution is 2.38. The Morgan fingerprint density at radius 1 is 1.42 bits per heavy atom. The molecule has 2 N–H and O–H groups in total. The summed E-state index contributed by atoms with van der Waals surface area (Å²) in [5.41, 5.74) is 0.195. The molecule has 104 valence electrons. The molecule has 1 aromatic rings. The second-order valence-electron chi connectivity index (χ2n) is 4.88. The van der Waals surface area contributed by atoms with Crippen molar-refractivity contribution in [2.45, 2.75) is 13.3 Å². The van der Waals surface area contributed by atoms with Gasteiger partial charge in [-0.25, -0.2) is 12.8 Å². The van der Waals surface area contributed by atoms with Crippen LogP contribution in [0.25, 0.3) is 0 Å². The van der Waals surface area contributed by atoms with Gasteiger partial charge in [-0.3, -0.25) is 9.52 Å². The zero-order chi connectivity index (χ0) is 14.2. The summed E-state index contributed by atoms with van der Waals surface area (Å²) >= 11 is 0. The van der Waals surface area contributed by atoms with Crippen LogP contribution in [-0.4, -0.2) is 20.6 Å². The fraction of sp³-hybridized carbons (Fsp3) is 0.417. The Morgan fingerprint density at radius 3 is 2.58 bits per heavy atom. The van der Waals surface area contributed by atoms with Crippen LogP contribution in [0.4, 0.5) is 15.8 Å². The Bertz CT molecular complexity index is 615. The predicted octanol–water partition coefficient (Wildman–Crippen LogP) is 1.79. The van der Waals surface area contributed by atoms with Crippen LogP contribution in [0.2, 0.25) is 0 Å². The lowest BCUT2D eigenvalue weighted by molar-refractivity contribution is -0.117. The number of amides is 1. The predicted molar refractivity (Wildman–Crippen MR) is 70.8 cm³/mol. The number of benzene rings is 1. The zero-order valence-electron chi connectivity index (χ0n) is 10.6. The average Bonchev–Trinajstić information content (AvgIpc) is 2.98. The topological polar surface area (TPSA) is 75.3 Å². The van der Waals surface area contributed by atoms with Crippen molar-refractivity contribution in [3.8, 4) is 0 Å². The van der Waals surface area contributed by atoms with Crippen LogP contribution < -0.4 is 10.0 Å². The Hall–Kier alpha value is -1.63. The van der Waals surface area contributed by atoms with Crippen molar-refractivity contribution >= 4 is 27.3 Å². The van der Waals surface area contributed by atoms with Crippen LogP contribution in [0.15, 0.2) is 18.2 Å². The smallest absolute Gasteiger partial charge is 0.229 e. The molecular weight excluding hydrogens is 271 g/mol. The van der Waals surface area contributed by atoms with Crippen LogP contribution in [0.3, 0.4) is 0 Å². The highest BCUT2D eigenvalue weighted by Gasteiger charge is 2.39.